The van der Waals surface area contributed by atoms with Gasteiger partial charge in [-0.05, 0) is 58.4 Å². The molecule has 0 N–H and O–H groups in total. The molecule has 0 unspecified atom stereocenters. The van der Waals surface area contributed by atoms with Crippen molar-refractivity contribution in [3.05, 3.63) is 79.8 Å². The molecule has 1 fully saturated rings. The number of hydrogen-bond acceptors (Lipinski definition) is 7. The van der Waals surface area contributed by atoms with Crippen LogP contribution >= 0.6 is 31.9 Å². The minimum atomic E-state index is -0.645. The number of methoxy groups -OCH3 is 1. The summed E-state index contributed by atoms with van der Waals surface area (Å²) in [6.45, 7) is 2.09. The van der Waals surface area contributed by atoms with E-state index >= 15 is 0 Å². The SMILES string of the molecule is COc1ccc(-c2cc(N3CCN(C(=O)c4cc5cc(Br)cc(Br)c5oc4=O)CC3)ncn2)cc1. The van der Waals surface area contributed by atoms with Gasteiger partial charge in [-0.25, -0.2) is 14.8 Å². The van der Waals surface area contributed by atoms with Crippen LogP contribution in [-0.2, 0) is 0 Å². The minimum absolute atomic E-state index is 0.0276. The summed E-state index contributed by atoms with van der Waals surface area (Å²) in [5, 5.41) is 0.667. The van der Waals surface area contributed by atoms with E-state index in [2.05, 4.69) is 46.7 Å². The Morgan fingerprint density at radius 3 is 2.46 bits per heavy atom. The van der Waals surface area contributed by atoms with Gasteiger partial charge >= 0.3 is 5.63 Å². The van der Waals surface area contributed by atoms with Crippen LogP contribution in [0.5, 0.6) is 5.75 Å². The van der Waals surface area contributed by atoms with Crippen LogP contribution in [0.25, 0.3) is 22.2 Å². The van der Waals surface area contributed by atoms with Gasteiger partial charge in [0.05, 0.1) is 17.3 Å². The molecule has 0 radical (unpaired) electrons. The summed E-state index contributed by atoms with van der Waals surface area (Å²) in [5.74, 6) is 1.24. The number of aromatic nitrogens is 2. The fourth-order valence-corrected chi connectivity index (χ4v) is 5.39. The van der Waals surface area contributed by atoms with Gasteiger partial charge in [-0.15, -0.1) is 0 Å². The number of carbonyl (C=O) groups excluding carboxylic acids is 1. The maximum Gasteiger partial charge on any atom is 0.349 e. The van der Waals surface area contributed by atoms with E-state index in [1.54, 1.807) is 30.5 Å². The number of ether oxygens (including phenoxy) is 1. The van der Waals surface area contributed by atoms with Crippen LogP contribution in [-0.4, -0.2) is 54.1 Å². The van der Waals surface area contributed by atoms with Gasteiger partial charge in [-0.1, -0.05) is 15.9 Å². The van der Waals surface area contributed by atoms with Gasteiger partial charge in [0.2, 0.25) is 0 Å². The zero-order valence-corrected chi connectivity index (χ0v) is 21.9. The van der Waals surface area contributed by atoms with E-state index in [4.69, 9.17) is 9.15 Å². The second kappa shape index (κ2) is 9.79. The normalized spacial score (nSPS) is 13.8. The average molecular weight is 600 g/mol. The van der Waals surface area contributed by atoms with Crippen LogP contribution in [0.1, 0.15) is 10.4 Å². The Hall–Kier alpha value is -3.24. The van der Waals surface area contributed by atoms with Crippen LogP contribution in [0.3, 0.4) is 0 Å². The summed E-state index contributed by atoms with van der Waals surface area (Å²) < 4.78 is 12.1. The Bertz CT molecular complexity index is 1470. The molecule has 1 saturated heterocycles. The van der Waals surface area contributed by atoms with Crippen molar-refractivity contribution in [3.8, 4) is 17.0 Å². The van der Waals surface area contributed by atoms with Crippen molar-refractivity contribution < 1.29 is 13.9 Å². The van der Waals surface area contributed by atoms with Gasteiger partial charge in [0.1, 0.15) is 23.5 Å². The quantitative estimate of drug-likeness (QED) is 0.313. The van der Waals surface area contributed by atoms with E-state index in [-0.39, 0.29) is 11.5 Å². The van der Waals surface area contributed by atoms with Gasteiger partial charge in [0.15, 0.2) is 5.58 Å². The maximum atomic E-state index is 13.2. The Morgan fingerprint density at radius 1 is 1.00 bits per heavy atom. The number of benzene rings is 2. The van der Waals surface area contributed by atoms with E-state index in [0.717, 1.165) is 27.3 Å². The van der Waals surface area contributed by atoms with Crippen molar-refractivity contribution in [1.29, 1.82) is 0 Å². The van der Waals surface area contributed by atoms with Crippen molar-refractivity contribution >= 4 is 54.6 Å². The van der Waals surface area contributed by atoms with E-state index in [1.807, 2.05) is 36.4 Å². The Balaban J connectivity index is 1.31. The van der Waals surface area contributed by atoms with Gasteiger partial charge in [-0.3, -0.25) is 4.79 Å². The van der Waals surface area contributed by atoms with Crippen LogP contribution in [0.4, 0.5) is 5.82 Å². The topological polar surface area (TPSA) is 88.8 Å². The summed E-state index contributed by atoms with van der Waals surface area (Å²) in [6, 6.07) is 14.8. The van der Waals surface area contributed by atoms with Gasteiger partial charge in [-0.2, -0.15) is 0 Å². The lowest BCUT2D eigenvalue weighted by molar-refractivity contribution is 0.0742. The first kappa shape index (κ1) is 23.5. The maximum absolute atomic E-state index is 13.2. The molecule has 0 spiro atoms. The third-order valence-corrected chi connectivity index (χ3v) is 6.96. The standard InChI is InChI=1S/C25H20Br2N4O4/c1-34-18-4-2-15(3-5-18)21-13-22(29-14-28-21)30-6-8-31(9-7-30)24(32)19-11-16-10-17(26)12-20(27)23(16)35-25(19)33/h2-5,10-14H,6-9H2,1H3. The predicted molar refractivity (Wildman–Crippen MR) is 140 cm³/mol. The van der Waals surface area contributed by atoms with Crippen LogP contribution in [0, 0.1) is 0 Å². The number of rotatable bonds is 4. The molecule has 1 amide bonds. The largest absolute Gasteiger partial charge is 0.497 e. The van der Waals surface area contributed by atoms with E-state index in [1.165, 1.54) is 0 Å². The van der Waals surface area contributed by atoms with Crippen molar-refractivity contribution in [2.75, 3.05) is 38.2 Å². The molecule has 1 aliphatic heterocycles. The third kappa shape index (κ3) is 4.81. The van der Waals surface area contributed by atoms with E-state index in [0.29, 0.717) is 41.6 Å². The van der Waals surface area contributed by atoms with E-state index in [9.17, 15) is 9.59 Å². The lowest BCUT2D eigenvalue weighted by Gasteiger charge is -2.35. The highest BCUT2D eigenvalue weighted by Gasteiger charge is 2.26. The van der Waals surface area contributed by atoms with Gasteiger partial charge in [0, 0.05) is 47.7 Å². The average Bonchev–Trinajstić information content (AvgIpc) is 2.88. The van der Waals surface area contributed by atoms with Crippen LogP contribution in [0.15, 0.2) is 73.0 Å². The molecule has 3 heterocycles. The number of hydrogen-bond donors (Lipinski definition) is 0. The summed E-state index contributed by atoms with van der Waals surface area (Å²) in [6.07, 6.45) is 1.54. The number of nitrogens with zero attached hydrogens (tertiary/aromatic N) is 4. The van der Waals surface area contributed by atoms with Crippen molar-refractivity contribution in [2.45, 2.75) is 0 Å². The summed E-state index contributed by atoms with van der Waals surface area (Å²) in [7, 11) is 1.63. The Morgan fingerprint density at radius 2 is 1.74 bits per heavy atom. The molecule has 4 aromatic rings. The highest BCUT2D eigenvalue weighted by atomic mass is 79.9. The number of halogens is 2. The molecule has 8 nitrogen and oxygen atoms in total. The minimum Gasteiger partial charge on any atom is -0.497 e. The first-order valence-electron chi connectivity index (χ1n) is 10.9. The van der Waals surface area contributed by atoms with Gasteiger partial charge < -0.3 is 19.0 Å². The summed E-state index contributed by atoms with van der Waals surface area (Å²) in [4.78, 5) is 38.3. The fraction of sp³-hybridized carbons (Fsp3) is 0.200. The number of amides is 1. The number of carbonyl (C=O) groups is 1. The monoisotopic (exact) mass is 598 g/mol. The van der Waals surface area contributed by atoms with Crippen molar-refractivity contribution in [3.63, 3.8) is 0 Å². The first-order valence-corrected chi connectivity index (χ1v) is 12.4. The molecule has 0 atom stereocenters. The molecule has 0 saturated carbocycles. The van der Waals surface area contributed by atoms with Crippen molar-refractivity contribution in [1.82, 2.24) is 14.9 Å². The second-order valence-electron chi connectivity index (χ2n) is 8.02. The van der Waals surface area contributed by atoms with Gasteiger partial charge in [0.25, 0.3) is 5.91 Å². The number of anilines is 1. The molecule has 2 aromatic carbocycles. The molecule has 2 aromatic heterocycles. The Labute approximate surface area is 217 Å². The summed E-state index contributed by atoms with van der Waals surface area (Å²) in [5.41, 5.74) is 1.57. The predicted octanol–water partition coefficient (Wildman–Crippen LogP) is 4.75. The third-order valence-electron chi connectivity index (χ3n) is 5.91. The number of fused-ring (bicyclic) bond motifs is 1. The molecule has 0 bridgehead atoms. The molecular weight excluding hydrogens is 580 g/mol. The smallest absolute Gasteiger partial charge is 0.349 e. The highest BCUT2D eigenvalue weighted by Crippen LogP contribution is 2.28. The molecule has 5 rings (SSSR count). The second-order valence-corrected chi connectivity index (χ2v) is 9.79. The molecule has 1 aliphatic rings. The first-order chi connectivity index (χ1) is 16.9. The Kier molecular flexibility index (Phi) is 6.57. The lowest BCUT2D eigenvalue weighted by Crippen LogP contribution is -2.49. The lowest BCUT2D eigenvalue weighted by atomic mass is 10.1. The van der Waals surface area contributed by atoms with Crippen LogP contribution < -0.4 is 15.3 Å². The number of piperazine rings is 1. The molecule has 178 valence electrons. The fourth-order valence-electron chi connectivity index (χ4n) is 4.05. The summed E-state index contributed by atoms with van der Waals surface area (Å²) >= 11 is 6.82. The van der Waals surface area contributed by atoms with Crippen LogP contribution in [0.2, 0.25) is 0 Å². The zero-order valence-electron chi connectivity index (χ0n) is 18.7. The highest BCUT2D eigenvalue weighted by molar-refractivity contribution is 9.11. The molecule has 10 heteroatoms. The molecule has 35 heavy (non-hydrogen) atoms. The van der Waals surface area contributed by atoms with Crippen molar-refractivity contribution in [2.24, 2.45) is 0 Å². The molecule has 0 aliphatic carbocycles. The van der Waals surface area contributed by atoms with E-state index < -0.39 is 5.63 Å². The molecular formula is C25H20Br2N4O4. The zero-order chi connectivity index (χ0) is 24.5.